The van der Waals surface area contributed by atoms with Gasteiger partial charge in [0.2, 0.25) is 5.82 Å². The number of nitriles is 1. The summed E-state index contributed by atoms with van der Waals surface area (Å²) in [5.41, 5.74) is 3.01. The molecule has 0 saturated carbocycles. The lowest BCUT2D eigenvalue weighted by molar-refractivity contribution is 0.807. The van der Waals surface area contributed by atoms with Crippen molar-refractivity contribution in [1.82, 2.24) is 35.4 Å². The maximum absolute atomic E-state index is 12.8. The standard InChI is InChI=1S/C17H12N8O/c1-10-15(12-4-2-11(8-18)3-5-12)17(26)25(22-10)14-7-6-13(9-19-14)16-20-23-24-21-16/h2-7,9,22H,1H3,(H,20,21,23,24). The monoisotopic (exact) mass is 344 g/mol. The van der Waals surface area contributed by atoms with Crippen LogP contribution < -0.4 is 5.56 Å². The number of pyridine rings is 1. The van der Waals surface area contributed by atoms with Gasteiger partial charge in [-0.2, -0.15) is 10.5 Å². The summed E-state index contributed by atoms with van der Waals surface area (Å²) < 4.78 is 1.38. The first-order valence-corrected chi connectivity index (χ1v) is 7.70. The Balaban J connectivity index is 1.74. The fraction of sp³-hybridized carbons (Fsp3) is 0.0588. The molecule has 9 heteroatoms. The Morgan fingerprint density at radius 3 is 2.50 bits per heavy atom. The number of hydrogen-bond donors (Lipinski definition) is 2. The molecule has 0 aliphatic heterocycles. The van der Waals surface area contributed by atoms with Crippen molar-refractivity contribution in [1.29, 1.82) is 5.26 Å². The van der Waals surface area contributed by atoms with Gasteiger partial charge in [0, 0.05) is 17.5 Å². The maximum atomic E-state index is 12.8. The third-order valence-electron chi connectivity index (χ3n) is 3.95. The first kappa shape index (κ1) is 15.5. The van der Waals surface area contributed by atoms with E-state index in [1.165, 1.54) is 4.68 Å². The number of aryl methyl sites for hydroxylation is 1. The highest BCUT2D eigenvalue weighted by Gasteiger charge is 2.15. The molecule has 9 nitrogen and oxygen atoms in total. The van der Waals surface area contributed by atoms with Crippen molar-refractivity contribution in [3.8, 4) is 34.4 Å². The van der Waals surface area contributed by atoms with Crippen LogP contribution in [0.4, 0.5) is 0 Å². The molecule has 126 valence electrons. The highest BCUT2D eigenvalue weighted by Crippen LogP contribution is 2.20. The van der Waals surface area contributed by atoms with E-state index in [1.54, 1.807) is 42.6 Å². The molecule has 0 fully saturated rings. The molecule has 0 aliphatic carbocycles. The molecule has 0 amide bonds. The lowest BCUT2D eigenvalue weighted by Gasteiger charge is -2.01. The highest BCUT2D eigenvalue weighted by atomic mass is 16.1. The largest absolute Gasteiger partial charge is 0.293 e. The van der Waals surface area contributed by atoms with Crippen LogP contribution in [-0.2, 0) is 0 Å². The zero-order valence-electron chi connectivity index (χ0n) is 13.6. The first-order chi connectivity index (χ1) is 12.7. The van der Waals surface area contributed by atoms with Crippen LogP contribution in [0.3, 0.4) is 0 Å². The van der Waals surface area contributed by atoms with Crippen molar-refractivity contribution in [3.63, 3.8) is 0 Å². The molecule has 0 atom stereocenters. The summed E-state index contributed by atoms with van der Waals surface area (Å²) in [6.45, 7) is 1.82. The van der Waals surface area contributed by atoms with Crippen LogP contribution in [0, 0.1) is 18.3 Å². The minimum atomic E-state index is -0.216. The second-order valence-corrected chi connectivity index (χ2v) is 5.58. The van der Waals surface area contributed by atoms with Crippen LogP contribution in [0.25, 0.3) is 28.3 Å². The number of H-pyrrole nitrogens is 2. The summed E-state index contributed by atoms with van der Waals surface area (Å²) in [6.07, 6.45) is 1.57. The molecule has 0 unspecified atom stereocenters. The van der Waals surface area contributed by atoms with Gasteiger partial charge in [0.1, 0.15) is 0 Å². The van der Waals surface area contributed by atoms with E-state index in [0.717, 1.165) is 5.56 Å². The lowest BCUT2D eigenvalue weighted by atomic mass is 10.1. The van der Waals surface area contributed by atoms with Crippen molar-refractivity contribution in [2.45, 2.75) is 6.92 Å². The molecule has 0 spiro atoms. The highest BCUT2D eigenvalue weighted by molar-refractivity contribution is 5.66. The molecule has 0 aliphatic rings. The fourth-order valence-electron chi connectivity index (χ4n) is 2.69. The van der Waals surface area contributed by atoms with E-state index in [4.69, 9.17) is 5.26 Å². The van der Waals surface area contributed by atoms with Gasteiger partial charge in [0.15, 0.2) is 5.82 Å². The fourth-order valence-corrected chi connectivity index (χ4v) is 2.69. The molecule has 0 bridgehead atoms. The van der Waals surface area contributed by atoms with Crippen LogP contribution in [0.1, 0.15) is 11.3 Å². The Bertz CT molecular complexity index is 1150. The Morgan fingerprint density at radius 2 is 1.88 bits per heavy atom. The smallest absolute Gasteiger partial charge is 0.280 e. The molecular weight excluding hydrogens is 332 g/mol. The number of hydrogen-bond acceptors (Lipinski definition) is 6. The van der Waals surface area contributed by atoms with E-state index >= 15 is 0 Å². The van der Waals surface area contributed by atoms with E-state index in [1.807, 2.05) is 6.92 Å². The van der Waals surface area contributed by atoms with Crippen LogP contribution in [-0.4, -0.2) is 35.4 Å². The summed E-state index contributed by atoms with van der Waals surface area (Å²) in [5.74, 6) is 0.877. The molecule has 3 aromatic heterocycles. The second-order valence-electron chi connectivity index (χ2n) is 5.58. The van der Waals surface area contributed by atoms with Crippen molar-refractivity contribution < 1.29 is 0 Å². The summed E-state index contributed by atoms with van der Waals surface area (Å²) in [4.78, 5) is 17.2. The van der Waals surface area contributed by atoms with E-state index < -0.39 is 0 Å². The quantitative estimate of drug-likeness (QED) is 0.580. The first-order valence-electron chi connectivity index (χ1n) is 7.70. The van der Waals surface area contributed by atoms with Gasteiger partial charge in [-0.15, -0.1) is 10.2 Å². The maximum Gasteiger partial charge on any atom is 0.280 e. The zero-order valence-corrected chi connectivity index (χ0v) is 13.6. The Morgan fingerprint density at radius 1 is 1.12 bits per heavy atom. The number of nitrogens with one attached hydrogen (secondary N) is 2. The summed E-state index contributed by atoms with van der Waals surface area (Å²) >= 11 is 0. The van der Waals surface area contributed by atoms with Crippen molar-refractivity contribution in [3.05, 3.63) is 64.2 Å². The minimum Gasteiger partial charge on any atom is -0.293 e. The van der Waals surface area contributed by atoms with Crippen molar-refractivity contribution in [2.24, 2.45) is 0 Å². The average Bonchev–Trinajstić information content (AvgIpc) is 3.31. The molecule has 0 saturated heterocycles. The van der Waals surface area contributed by atoms with Crippen LogP contribution in [0.15, 0.2) is 47.4 Å². The van der Waals surface area contributed by atoms with Gasteiger partial charge in [-0.25, -0.2) is 9.67 Å². The van der Waals surface area contributed by atoms with Gasteiger partial charge in [-0.1, -0.05) is 12.1 Å². The number of tetrazole rings is 1. The Labute approximate surface area is 146 Å². The molecule has 3 heterocycles. The number of nitrogens with zero attached hydrogens (tertiary/aromatic N) is 6. The second kappa shape index (κ2) is 6.10. The van der Waals surface area contributed by atoms with E-state index in [-0.39, 0.29) is 5.56 Å². The van der Waals surface area contributed by atoms with Gasteiger partial charge in [-0.05, 0) is 42.0 Å². The van der Waals surface area contributed by atoms with E-state index in [0.29, 0.717) is 34.0 Å². The minimum absolute atomic E-state index is 0.216. The third-order valence-corrected chi connectivity index (χ3v) is 3.95. The molecular formula is C17H12N8O. The lowest BCUT2D eigenvalue weighted by Crippen LogP contribution is -2.16. The average molecular weight is 344 g/mol. The molecule has 4 rings (SSSR count). The van der Waals surface area contributed by atoms with Crippen LogP contribution in [0.2, 0.25) is 0 Å². The molecule has 2 N–H and O–H groups in total. The number of benzene rings is 1. The number of aromatic nitrogens is 7. The SMILES string of the molecule is Cc1[nH]n(-c2ccc(-c3nn[nH]n3)cn2)c(=O)c1-c1ccc(C#N)cc1. The van der Waals surface area contributed by atoms with Gasteiger partial charge in [0.25, 0.3) is 5.56 Å². The van der Waals surface area contributed by atoms with Gasteiger partial charge in [-0.3, -0.25) is 9.89 Å². The van der Waals surface area contributed by atoms with Crippen LogP contribution in [0.5, 0.6) is 0 Å². The molecule has 26 heavy (non-hydrogen) atoms. The molecule has 4 aromatic rings. The summed E-state index contributed by atoms with van der Waals surface area (Å²) in [6, 6.07) is 12.4. The molecule has 0 radical (unpaired) electrons. The van der Waals surface area contributed by atoms with E-state index in [2.05, 4.69) is 36.8 Å². The summed E-state index contributed by atoms with van der Waals surface area (Å²) in [5, 5.41) is 25.6. The molecule has 1 aromatic carbocycles. The zero-order chi connectivity index (χ0) is 18.1. The normalized spacial score (nSPS) is 10.6. The predicted molar refractivity (Wildman–Crippen MR) is 92.2 cm³/mol. The topological polar surface area (TPSA) is 129 Å². The predicted octanol–water partition coefficient (Wildman–Crippen LogP) is 1.59. The van der Waals surface area contributed by atoms with Crippen molar-refractivity contribution in [2.75, 3.05) is 0 Å². The van der Waals surface area contributed by atoms with E-state index in [9.17, 15) is 4.79 Å². The summed E-state index contributed by atoms with van der Waals surface area (Å²) in [7, 11) is 0. The van der Waals surface area contributed by atoms with Gasteiger partial charge >= 0.3 is 0 Å². The van der Waals surface area contributed by atoms with Gasteiger partial charge in [0.05, 0.1) is 17.2 Å². The number of aromatic amines is 2. The number of rotatable bonds is 3. The van der Waals surface area contributed by atoms with Crippen LogP contribution >= 0.6 is 0 Å². The third kappa shape index (κ3) is 2.55. The van der Waals surface area contributed by atoms with Gasteiger partial charge < -0.3 is 0 Å². The Hall–Kier alpha value is -4.06. The Kier molecular flexibility index (Phi) is 3.63. The van der Waals surface area contributed by atoms with Crippen molar-refractivity contribution >= 4 is 0 Å².